The summed E-state index contributed by atoms with van der Waals surface area (Å²) in [5, 5.41) is 13.8. The largest absolute Gasteiger partial charge is 0.495 e. The van der Waals surface area contributed by atoms with Crippen LogP contribution in [-0.2, 0) is 6.61 Å². The first-order chi connectivity index (χ1) is 13.5. The Morgan fingerprint density at radius 3 is 2.86 bits per heavy atom. The van der Waals surface area contributed by atoms with Crippen molar-refractivity contribution < 1.29 is 19.2 Å². The van der Waals surface area contributed by atoms with E-state index in [1.54, 1.807) is 6.07 Å². The highest BCUT2D eigenvalue weighted by Gasteiger charge is 2.24. The summed E-state index contributed by atoms with van der Waals surface area (Å²) in [5.41, 5.74) is 3.15. The minimum Gasteiger partial charge on any atom is -0.495 e. The minimum atomic E-state index is -0.518. The van der Waals surface area contributed by atoms with Crippen LogP contribution in [0.4, 0.5) is 11.4 Å². The molecule has 0 spiro atoms. The number of amides is 1. The van der Waals surface area contributed by atoms with E-state index in [2.05, 4.69) is 5.32 Å². The van der Waals surface area contributed by atoms with Crippen molar-refractivity contribution in [3.05, 3.63) is 68.6 Å². The SMILES string of the molecule is COc1ccc([N+](=O)[O-])cc1NC(=O)c1cc2c(s1)-c1c(C)cccc1OC2. The summed E-state index contributed by atoms with van der Waals surface area (Å²) in [6.07, 6.45) is 0. The Kier molecular flexibility index (Phi) is 4.48. The van der Waals surface area contributed by atoms with Crippen molar-refractivity contribution >= 4 is 28.6 Å². The molecule has 0 atom stereocenters. The molecule has 1 aliphatic heterocycles. The Morgan fingerprint density at radius 2 is 2.11 bits per heavy atom. The van der Waals surface area contributed by atoms with Crippen molar-refractivity contribution in [3.8, 4) is 21.9 Å². The van der Waals surface area contributed by atoms with Crippen molar-refractivity contribution in [1.82, 2.24) is 0 Å². The topological polar surface area (TPSA) is 90.7 Å². The third-order valence-corrected chi connectivity index (χ3v) is 5.71. The van der Waals surface area contributed by atoms with Gasteiger partial charge in [0.25, 0.3) is 11.6 Å². The van der Waals surface area contributed by atoms with Gasteiger partial charge in [-0.1, -0.05) is 12.1 Å². The van der Waals surface area contributed by atoms with Gasteiger partial charge in [0.15, 0.2) is 0 Å². The lowest BCUT2D eigenvalue weighted by Gasteiger charge is -2.19. The molecule has 2 aromatic carbocycles. The number of hydrogen-bond donors (Lipinski definition) is 1. The van der Waals surface area contributed by atoms with E-state index in [9.17, 15) is 14.9 Å². The van der Waals surface area contributed by atoms with Gasteiger partial charge in [0, 0.05) is 28.1 Å². The summed E-state index contributed by atoms with van der Waals surface area (Å²) in [4.78, 5) is 24.8. The Morgan fingerprint density at radius 1 is 1.29 bits per heavy atom. The van der Waals surface area contributed by atoms with Crippen LogP contribution in [0, 0.1) is 17.0 Å². The molecule has 142 valence electrons. The van der Waals surface area contributed by atoms with E-state index in [-0.39, 0.29) is 17.3 Å². The number of nitro benzene ring substituents is 1. The van der Waals surface area contributed by atoms with E-state index in [0.717, 1.165) is 27.3 Å². The third kappa shape index (κ3) is 3.07. The number of thiophene rings is 1. The Balaban J connectivity index is 1.68. The van der Waals surface area contributed by atoms with Crippen molar-refractivity contribution in [2.75, 3.05) is 12.4 Å². The monoisotopic (exact) mass is 396 g/mol. The van der Waals surface area contributed by atoms with E-state index < -0.39 is 4.92 Å². The molecule has 1 amide bonds. The van der Waals surface area contributed by atoms with E-state index >= 15 is 0 Å². The first-order valence-electron chi connectivity index (χ1n) is 8.47. The molecular weight excluding hydrogens is 380 g/mol. The van der Waals surface area contributed by atoms with Gasteiger partial charge in [0.2, 0.25) is 0 Å². The second kappa shape index (κ2) is 6.97. The summed E-state index contributed by atoms with van der Waals surface area (Å²) >= 11 is 1.38. The average molecular weight is 396 g/mol. The molecule has 0 saturated carbocycles. The Hall–Kier alpha value is -3.39. The lowest BCUT2D eigenvalue weighted by atomic mass is 10.0. The smallest absolute Gasteiger partial charge is 0.271 e. The van der Waals surface area contributed by atoms with Crippen molar-refractivity contribution in [2.45, 2.75) is 13.5 Å². The van der Waals surface area contributed by atoms with Crippen LogP contribution in [-0.4, -0.2) is 17.9 Å². The average Bonchev–Trinajstić information content (AvgIpc) is 3.12. The van der Waals surface area contributed by atoms with E-state index in [1.807, 2.05) is 25.1 Å². The lowest BCUT2D eigenvalue weighted by Crippen LogP contribution is -2.11. The summed E-state index contributed by atoms with van der Waals surface area (Å²) in [5.74, 6) is 0.805. The molecule has 8 heteroatoms. The molecule has 28 heavy (non-hydrogen) atoms. The molecule has 2 heterocycles. The number of rotatable bonds is 4. The highest BCUT2D eigenvalue weighted by molar-refractivity contribution is 7.17. The maximum atomic E-state index is 12.8. The van der Waals surface area contributed by atoms with Crippen molar-refractivity contribution in [2.24, 2.45) is 0 Å². The van der Waals surface area contributed by atoms with Crippen molar-refractivity contribution in [3.63, 3.8) is 0 Å². The normalized spacial score (nSPS) is 11.8. The summed E-state index contributed by atoms with van der Waals surface area (Å²) < 4.78 is 11.0. The van der Waals surface area contributed by atoms with Crippen LogP contribution in [0.5, 0.6) is 11.5 Å². The first kappa shape index (κ1) is 18.0. The maximum Gasteiger partial charge on any atom is 0.271 e. The summed E-state index contributed by atoms with van der Waals surface area (Å²) in [6.45, 7) is 2.40. The van der Waals surface area contributed by atoms with Crippen LogP contribution in [0.15, 0.2) is 42.5 Å². The number of hydrogen-bond acceptors (Lipinski definition) is 6. The summed E-state index contributed by atoms with van der Waals surface area (Å²) in [7, 11) is 1.44. The zero-order chi connectivity index (χ0) is 19.8. The van der Waals surface area contributed by atoms with Gasteiger partial charge in [-0.25, -0.2) is 0 Å². The van der Waals surface area contributed by atoms with Gasteiger partial charge in [-0.2, -0.15) is 0 Å². The first-order valence-corrected chi connectivity index (χ1v) is 9.29. The predicted octanol–water partition coefficient (Wildman–Crippen LogP) is 4.79. The standard InChI is InChI=1S/C20H16N2O5S/c1-11-4-3-5-16-18(11)19-12(10-27-16)8-17(28-19)20(23)21-14-9-13(22(24)25)6-7-15(14)26-2/h3-9H,10H2,1-2H3,(H,21,23). The van der Waals surface area contributed by atoms with Gasteiger partial charge in [-0.15, -0.1) is 11.3 Å². The van der Waals surface area contributed by atoms with Crippen LogP contribution < -0.4 is 14.8 Å². The number of nitro groups is 1. The number of aryl methyl sites for hydroxylation is 1. The van der Waals surface area contributed by atoms with Crippen LogP contribution >= 0.6 is 11.3 Å². The molecular formula is C20H16N2O5S. The van der Waals surface area contributed by atoms with Crippen LogP contribution in [0.1, 0.15) is 20.8 Å². The predicted molar refractivity (Wildman–Crippen MR) is 106 cm³/mol. The zero-order valence-electron chi connectivity index (χ0n) is 15.1. The number of ether oxygens (including phenoxy) is 2. The highest BCUT2D eigenvalue weighted by atomic mass is 32.1. The van der Waals surface area contributed by atoms with Gasteiger partial charge in [0.05, 0.1) is 22.6 Å². The Bertz CT molecular complexity index is 1110. The van der Waals surface area contributed by atoms with Crippen LogP contribution in [0.3, 0.4) is 0 Å². The molecule has 0 aliphatic carbocycles. The fourth-order valence-corrected chi connectivity index (χ4v) is 4.34. The van der Waals surface area contributed by atoms with Gasteiger partial charge >= 0.3 is 0 Å². The number of benzene rings is 2. The molecule has 7 nitrogen and oxygen atoms in total. The second-order valence-electron chi connectivity index (χ2n) is 6.30. The number of non-ortho nitro benzene ring substituents is 1. The molecule has 0 unspecified atom stereocenters. The van der Waals surface area contributed by atoms with Crippen molar-refractivity contribution in [1.29, 1.82) is 0 Å². The minimum absolute atomic E-state index is 0.125. The third-order valence-electron chi connectivity index (χ3n) is 4.52. The molecule has 1 aromatic heterocycles. The maximum absolute atomic E-state index is 12.8. The summed E-state index contributed by atoms with van der Waals surface area (Å²) in [6, 6.07) is 11.7. The number of nitrogens with one attached hydrogen (secondary N) is 1. The number of carbonyl (C=O) groups excluding carboxylic acids is 1. The van der Waals surface area contributed by atoms with Crippen LogP contribution in [0.2, 0.25) is 0 Å². The van der Waals surface area contributed by atoms with Crippen LogP contribution in [0.25, 0.3) is 10.4 Å². The fraction of sp³-hybridized carbons (Fsp3) is 0.150. The van der Waals surface area contributed by atoms with Gasteiger partial charge in [0.1, 0.15) is 18.1 Å². The number of anilines is 1. The molecule has 0 bridgehead atoms. The number of fused-ring (bicyclic) bond motifs is 3. The quantitative estimate of drug-likeness (QED) is 0.506. The molecule has 0 saturated heterocycles. The van der Waals surface area contributed by atoms with Gasteiger partial charge in [-0.3, -0.25) is 14.9 Å². The number of carbonyl (C=O) groups is 1. The number of nitrogens with zero attached hydrogens (tertiary/aromatic N) is 1. The van der Waals surface area contributed by atoms with Gasteiger partial charge in [-0.05, 0) is 30.7 Å². The zero-order valence-corrected chi connectivity index (χ0v) is 16.0. The molecule has 3 aromatic rings. The highest BCUT2D eigenvalue weighted by Crippen LogP contribution is 2.44. The molecule has 0 radical (unpaired) electrons. The molecule has 1 N–H and O–H groups in total. The Labute approximate surface area is 164 Å². The van der Waals surface area contributed by atoms with E-state index in [4.69, 9.17) is 9.47 Å². The second-order valence-corrected chi connectivity index (χ2v) is 7.35. The van der Waals surface area contributed by atoms with E-state index in [0.29, 0.717) is 17.2 Å². The molecule has 0 fully saturated rings. The number of methoxy groups -OCH3 is 1. The van der Waals surface area contributed by atoms with Gasteiger partial charge < -0.3 is 14.8 Å². The van der Waals surface area contributed by atoms with E-state index in [1.165, 1.54) is 36.6 Å². The fourth-order valence-electron chi connectivity index (χ4n) is 3.16. The lowest BCUT2D eigenvalue weighted by molar-refractivity contribution is -0.384. The molecule has 1 aliphatic rings. The molecule has 4 rings (SSSR count).